The van der Waals surface area contributed by atoms with Crippen LogP contribution in [0.3, 0.4) is 0 Å². The van der Waals surface area contributed by atoms with Crippen LogP contribution in [0.25, 0.3) is 0 Å². The summed E-state index contributed by atoms with van der Waals surface area (Å²) in [5.74, 6) is 0.920. The van der Waals surface area contributed by atoms with Crippen molar-refractivity contribution in [3.8, 4) is 5.75 Å². The van der Waals surface area contributed by atoms with E-state index < -0.39 is 0 Å². The van der Waals surface area contributed by atoms with Crippen molar-refractivity contribution in [2.45, 2.75) is 39.3 Å². The number of aromatic nitrogens is 1. The number of hydrogen-bond donors (Lipinski definition) is 1. The molecular formula is C16H22N2OS. The van der Waals surface area contributed by atoms with Gasteiger partial charge in [0.1, 0.15) is 5.75 Å². The average molecular weight is 290 g/mol. The molecule has 0 radical (unpaired) electrons. The second kappa shape index (κ2) is 6.86. The Morgan fingerprint density at radius 1 is 1.25 bits per heavy atom. The highest BCUT2D eigenvalue weighted by Gasteiger charge is 2.12. The SMILES string of the molecule is CNC(Cc1nc(C)cs1)c1ccc(OC(C)C)cc1. The Balaban J connectivity index is 2.07. The number of ether oxygens (including phenoxy) is 1. The highest BCUT2D eigenvalue weighted by Crippen LogP contribution is 2.23. The molecular weight excluding hydrogens is 268 g/mol. The third-order valence-electron chi connectivity index (χ3n) is 3.05. The Bertz CT molecular complexity index is 534. The number of nitrogens with zero attached hydrogens (tertiary/aromatic N) is 1. The number of benzene rings is 1. The lowest BCUT2D eigenvalue weighted by molar-refractivity contribution is 0.242. The van der Waals surface area contributed by atoms with Crippen molar-refractivity contribution in [3.05, 3.63) is 45.9 Å². The zero-order valence-electron chi connectivity index (χ0n) is 12.5. The summed E-state index contributed by atoms with van der Waals surface area (Å²) < 4.78 is 5.67. The molecule has 0 saturated carbocycles. The van der Waals surface area contributed by atoms with Gasteiger partial charge in [0.05, 0.1) is 11.1 Å². The molecule has 2 rings (SSSR count). The molecule has 0 aliphatic heterocycles. The predicted octanol–water partition coefficient (Wildman–Crippen LogP) is 3.74. The fraction of sp³-hybridized carbons (Fsp3) is 0.438. The van der Waals surface area contributed by atoms with Crippen molar-refractivity contribution < 1.29 is 4.74 Å². The lowest BCUT2D eigenvalue weighted by Gasteiger charge is -2.16. The molecule has 1 unspecified atom stereocenters. The van der Waals surface area contributed by atoms with E-state index in [1.165, 1.54) is 10.6 Å². The zero-order chi connectivity index (χ0) is 14.5. The third-order valence-corrected chi connectivity index (χ3v) is 4.04. The third kappa shape index (κ3) is 4.05. The number of rotatable bonds is 6. The Morgan fingerprint density at radius 2 is 1.95 bits per heavy atom. The van der Waals surface area contributed by atoms with Gasteiger partial charge in [0.2, 0.25) is 0 Å². The molecule has 0 aliphatic rings. The highest BCUT2D eigenvalue weighted by atomic mass is 32.1. The van der Waals surface area contributed by atoms with Crippen molar-refractivity contribution in [2.75, 3.05) is 7.05 Å². The summed E-state index contributed by atoms with van der Waals surface area (Å²) in [6.45, 7) is 6.11. The maximum absolute atomic E-state index is 5.67. The number of aryl methyl sites for hydroxylation is 1. The van der Waals surface area contributed by atoms with Crippen molar-refractivity contribution >= 4 is 11.3 Å². The van der Waals surface area contributed by atoms with Gasteiger partial charge in [-0.3, -0.25) is 0 Å². The lowest BCUT2D eigenvalue weighted by Crippen LogP contribution is -2.18. The van der Waals surface area contributed by atoms with Crippen LogP contribution in [0.1, 0.15) is 36.2 Å². The molecule has 0 bridgehead atoms. The van der Waals surface area contributed by atoms with Crippen LogP contribution in [-0.2, 0) is 6.42 Å². The molecule has 0 spiro atoms. The van der Waals surface area contributed by atoms with Gasteiger partial charge < -0.3 is 10.1 Å². The van der Waals surface area contributed by atoms with E-state index in [0.29, 0.717) is 0 Å². The van der Waals surface area contributed by atoms with Crippen molar-refractivity contribution in [2.24, 2.45) is 0 Å². The summed E-state index contributed by atoms with van der Waals surface area (Å²) in [6.07, 6.45) is 1.12. The smallest absolute Gasteiger partial charge is 0.119 e. The van der Waals surface area contributed by atoms with E-state index in [1.807, 2.05) is 40.0 Å². The lowest BCUT2D eigenvalue weighted by atomic mass is 10.0. The minimum absolute atomic E-state index is 0.208. The van der Waals surface area contributed by atoms with E-state index in [-0.39, 0.29) is 12.1 Å². The first-order valence-electron chi connectivity index (χ1n) is 6.93. The molecule has 0 fully saturated rings. The van der Waals surface area contributed by atoms with Gasteiger partial charge in [0, 0.05) is 23.5 Å². The quantitative estimate of drug-likeness (QED) is 0.880. The Kier molecular flexibility index (Phi) is 5.15. The summed E-state index contributed by atoms with van der Waals surface area (Å²) in [4.78, 5) is 4.53. The molecule has 3 nitrogen and oxygen atoms in total. The monoisotopic (exact) mass is 290 g/mol. The maximum atomic E-state index is 5.67. The van der Waals surface area contributed by atoms with Crippen LogP contribution in [0.5, 0.6) is 5.75 Å². The first kappa shape index (κ1) is 15.0. The van der Waals surface area contributed by atoms with Crippen LogP contribution in [0.2, 0.25) is 0 Å². The molecule has 0 amide bonds. The van der Waals surface area contributed by atoms with E-state index in [9.17, 15) is 0 Å². The van der Waals surface area contributed by atoms with E-state index in [1.54, 1.807) is 11.3 Å². The molecule has 108 valence electrons. The molecule has 1 aromatic carbocycles. The fourth-order valence-corrected chi connectivity index (χ4v) is 2.93. The minimum Gasteiger partial charge on any atom is -0.491 e. The molecule has 20 heavy (non-hydrogen) atoms. The average Bonchev–Trinajstić information content (AvgIpc) is 2.82. The van der Waals surface area contributed by atoms with Gasteiger partial charge in [-0.2, -0.15) is 0 Å². The van der Waals surface area contributed by atoms with Crippen LogP contribution >= 0.6 is 11.3 Å². The topological polar surface area (TPSA) is 34.2 Å². The van der Waals surface area contributed by atoms with Gasteiger partial charge in [-0.15, -0.1) is 11.3 Å². The molecule has 1 aromatic heterocycles. The summed E-state index contributed by atoms with van der Waals surface area (Å²) >= 11 is 1.72. The van der Waals surface area contributed by atoms with Gasteiger partial charge in [-0.1, -0.05) is 12.1 Å². The van der Waals surface area contributed by atoms with E-state index in [0.717, 1.165) is 17.9 Å². The van der Waals surface area contributed by atoms with E-state index in [2.05, 4.69) is 27.8 Å². The van der Waals surface area contributed by atoms with Gasteiger partial charge in [0.15, 0.2) is 0 Å². The summed E-state index contributed by atoms with van der Waals surface area (Å²) in [7, 11) is 1.99. The molecule has 4 heteroatoms. The second-order valence-electron chi connectivity index (χ2n) is 5.16. The molecule has 0 aliphatic carbocycles. The minimum atomic E-state index is 0.208. The summed E-state index contributed by atoms with van der Waals surface area (Å²) in [5.41, 5.74) is 2.36. The van der Waals surface area contributed by atoms with Crippen LogP contribution in [-0.4, -0.2) is 18.1 Å². The summed E-state index contributed by atoms with van der Waals surface area (Å²) in [5, 5.41) is 6.63. The highest BCUT2D eigenvalue weighted by molar-refractivity contribution is 7.09. The predicted molar refractivity (Wildman–Crippen MR) is 84.6 cm³/mol. The molecule has 2 aromatic rings. The van der Waals surface area contributed by atoms with Gasteiger partial charge >= 0.3 is 0 Å². The number of nitrogens with one attached hydrogen (secondary N) is 1. The molecule has 0 saturated heterocycles. The number of hydrogen-bond acceptors (Lipinski definition) is 4. The van der Waals surface area contributed by atoms with Crippen molar-refractivity contribution in [3.63, 3.8) is 0 Å². The van der Waals surface area contributed by atoms with Crippen LogP contribution in [0, 0.1) is 6.92 Å². The van der Waals surface area contributed by atoms with Crippen LogP contribution in [0.15, 0.2) is 29.6 Å². The van der Waals surface area contributed by atoms with Crippen LogP contribution < -0.4 is 10.1 Å². The number of likely N-dealkylation sites (N-methyl/N-ethyl adjacent to an activating group) is 1. The molecule has 1 N–H and O–H groups in total. The Labute approximate surface area is 125 Å². The van der Waals surface area contributed by atoms with E-state index in [4.69, 9.17) is 4.74 Å². The zero-order valence-corrected chi connectivity index (χ0v) is 13.3. The number of thiazole rings is 1. The fourth-order valence-electron chi connectivity index (χ4n) is 2.11. The first-order valence-corrected chi connectivity index (χ1v) is 7.81. The largest absolute Gasteiger partial charge is 0.491 e. The Hall–Kier alpha value is -1.39. The standard InChI is InChI=1S/C16H22N2OS/c1-11(2)19-14-7-5-13(6-8-14)15(17-4)9-16-18-12(3)10-20-16/h5-8,10-11,15,17H,9H2,1-4H3. The maximum Gasteiger partial charge on any atom is 0.119 e. The Morgan fingerprint density at radius 3 is 2.45 bits per heavy atom. The summed E-state index contributed by atoms with van der Waals surface area (Å²) in [6, 6.07) is 8.60. The van der Waals surface area contributed by atoms with E-state index >= 15 is 0 Å². The first-order chi connectivity index (χ1) is 9.58. The molecule has 1 atom stereocenters. The second-order valence-corrected chi connectivity index (χ2v) is 6.11. The van der Waals surface area contributed by atoms with Crippen molar-refractivity contribution in [1.29, 1.82) is 0 Å². The molecule has 1 heterocycles. The van der Waals surface area contributed by atoms with Gasteiger partial charge in [-0.05, 0) is 45.5 Å². The van der Waals surface area contributed by atoms with Gasteiger partial charge in [0.25, 0.3) is 0 Å². The van der Waals surface area contributed by atoms with Crippen LogP contribution in [0.4, 0.5) is 0 Å². The normalized spacial score (nSPS) is 12.7. The van der Waals surface area contributed by atoms with Crippen molar-refractivity contribution in [1.82, 2.24) is 10.3 Å². The van der Waals surface area contributed by atoms with Gasteiger partial charge in [-0.25, -0.2) is 4.98 Å².